The number of ether oxygens (including phenoxy) is 2. The third-order valence-corrected chi connectivity index (χ3v) is 6.18. The molecule has 1 aromatic carbocycles. The summed E-state index contributed by atoms with van der Waals surface area (Å²) in [5, 5.41) is 0. The number of amides is 2. The molecule has 0 unspecified atom stereocenters. The third-order valence-electron chi connectivity index (χ3n) is 6.18. The average Bonchev–Trinajstić information content (AvgIpc) is 3.23. The first-order chi connectivity index (χ1) is 15.1. The molecule has 0 bridgehead atoms. The van der Waals surface area contributed by atoms with Gasteiger partial charge in [-0.25, -0.2) is 0 Å². The van der Waals surface area contributed by atoms with E-state index in [2.05, 4.69) is 4.90 Å². The highest BCUT2D eigenvalue weighted by molar-refractivity contribution is 5.98. The van der Waals surface area contributed by atoms with E-state index in [1.54, 1.807) is 23.1 Å². The molecule has 0 aromatic heterocycles. The van der Waals surface area contributed by atoms with Gasteiger partial charge >= 0.3 is 0 Å². The van der Waals surface area contributed by atoms with Crippen molar-refractivity contribution < 1.29 is 23.9 Å². The van der Waals surface area contributed by atoms with Crippen LogP contribution in [0.1, 0.15) is 42.5 Å². The van der Waals surface area contributed by atoms with Crippen molar-refractivity contribution in [2.45, 2.75) is 32.1 Å². The molecule has 0 saturated carbocycles. The first kappa shape index (κ1) is 21.6. The maximum absolute atomic E-state index is 12.6. The van der Waals surface area contributed by atoms with Crippen molar-refractivity contribution in [3.8, 4) is 11.5 Å². The Morgan fingerprint density at radius 1 is 0.742 bits per heavy atom. The van der Waals surface area contributed by atoms with Crippen LogP contribution in [-0.2, 0) is 9.59 Å². The summed E-state index contributed by atoms with van der Waals surface area (Å²) in [6.45, 7) is 5.94. The van der Waals surface area contributed by atoms with Gasteiger partial charge in [-0.3, -0.25) is 19.3 Å². The van der Waals surface area contributed by atoms with Crippen LogP contribution in [0.5, 0.6) is 11.5 Å². The van der Waals surface area contributed by atoms with Crippen molar-refractivity contribution in [1.29, 1.82) is 0 Å². The fraction of sp³-hybridized carbons (Fsp3) is 0.609. The summed E-state index contributed by atoms with van der Waals surface area (Å²) in [5.41, 5.74) is 0.544. The Morgan fingerprint density at radius 3 is 2.16 bits per heavy atom. The summed E-state index contributed by atoms with van der Waals surface area (Å²) in [4.78, 5) is 43.3. The van der Waals surface area contributed by atoms with E-state index >= 15 is 0 Å². The number of fused-ring (bicyclic) bond motifs is 1. The maximum atomic E-state index is 12.6. The number of nitrogens with zero attached hydrogens (tertiary/aromatic N) is 3. The molecule has 0 radical (unpaired) electrons. The van der Waals surface area contributed by atoms with Gasteiger partial charge in [-0.05, 0) is 31.0 Å². The van der Waals surface area contributed by atoms with Crippen LogP contribution in [0.2, 0.25) is 0 Å². The van der Waals surface area contributed by atoms with Crippen molar-refractivity contribution in [2.75, 3.05) is 59.0 Å². The van der Waals surface area contributed by atoms with Crippen LogP contribution in [0.15, 0.2) is 18.2 Å². The normalized spacial score (nSPS) is 19.2. The number of Topliss-reactive ketones (excluding diaryl/α,β-unsaturated/α-hetero) is 1. The van der Waals surface area contributed by atoms with E-state index in [1.807, 2.05) is 4.90 Å². The Kier molecular flexibility index (Phi) is 7.06. The van der Waals surface area contributed by atoms with E-state index in [-0.39, 0.29) is 30.4 Å². The van der Waals surface area contributed by atoms with Gasteiger partial charge in [0.25, 0.3) is 0 Å². The lowest BCUT2D eigenvalue weighted by molar-refractivity contribution is -0.134. The summed E-state index contributed by atoms with van der Waals surface area (Å²) in [6.07, 6.45) is 3.37. The molecule has 0 N–H and O–H groups in total. The number of rotatable bonds is 6. The van der Waals surface area contributed by atoms with Gasteiger partial charge in [-0.1, -0.05) is 0 Å². The van der Waals surface area contributed by atoms with Gasteiger partial charge in [0, 0.05) is 64.1 Å². The molecule has 4 rings (SSSR count). The van der Waals surface area contributed by atoms with E-state index in [1.165, 1.54) is 0 Å². The number of piperazine rings is 1. The highest BCUT2D eigenvalue weighted by atomic mass is 16.5. The van der Waals surface area contributed by atoms with Gasteiger partial charge in [0.1, 0.15) is 0 Å². The molecule has 31 heavy (non-hydrogen) atoms. The van der Waals surface area contributed by atoms with Crippen molar-refractivity contribution in [1.82, 2.24) is 14.7 Å². The molecule has 2 amide bonds. The molecule has 2 saturated heterocycles. The zero-order valence-electron chi connectivity index (χ0n) is 18.0. The zero-order valence-corrected chi connectivity index (χ0v) is 18.0. The second-order valence-electron chi connectivity index (χ2n) is 8.38. The minimum absolute atomic E-state index is 0.00628. The van der Waals surface area contributed by atoms with Crippen LogP contribution in [0, 0.1) is 0 Å². The van der Waals surface area contributed by atoms with Gasteiger partial charge in [0.2, 0.25) is 11.8 Å². The Morgan fingerprint density at radius 2 is 1.42 bits per heavy atom. The van der Waals surface area contributed by atoms with Crippen molar-refractivity contribution in [2.24, 2.45) is 0 Å². The molecular formula is C23H31N3O5. The lowest BCUT2D eigenvalue weighted by Crippen LogP contribution is -2.51. The second kappa shape index (κ2) is 10.1. The Bertz CT molecular complexity index is 813. The van der Waals surface area contributed by atoms with E-state index in [0.717, 1.165) is 32.4 Å². The molecule has 8 nitrogen and oxygen atoms in total. The number of ketones is 1. The Hall–Kier alpha value is -2.61. The molecule has 2 fully saturated rings. The number of hydrogen-bond donors (Lipinski definition) is 0. The molecule has 8 heteroatoms. The summed E-state index contributed by atoms with van der Waals surface area (Å²) in [5.74, 6) is 1.37. The Balaban J connectivity index is 1.21. The molecule has 3 aliphatic heterocycles. The number of carbonyl (C=O) groups excluding carboxylic acids is 3. The van der Waals surface area contributed by atoms with E-state index in [9.17, 15) is 14.4 Å². The number of likely N-dealkylation sites (tertiary alicyclic amines) is 1. The maximum Gasteiger partial charge on any atom is 0.236 e. The largest absolute Gasteiger partial charge is 0.490 e. The van der Waals surface area contributed by atoms with E-state index in [0.29, 0.717) is 63.0 Å². The van der Waals surface area contributed by atoms with Gasteiger partial charge in [-0.2, -0.15) is 0 Å². The lowest BCUT2D eigenvalue weighted by Gasteiger charge is -2.35. The fourth-order valence-corrected chi connectivity index (χ4v) is 4.27. The number of hydrogen-bond acceptors (Lipinski definition) is 6. The topological polar surface area (TPSA) is 79.4 Å². The second-order valence-corrected chi connectivity index (χ2v) is 8.38. The predicted molar refractivity (Wildman–Crippen MR) is 114 cm³/mol. The molecule has 3 aliphatic rings. The number of benzene rings is 1. The summed E-state index contributed by atoms with van der Waals surface area (Å²) in [7, 11) is 0. The van der Waals surface area contributed by atoms with Crippen LogP contribution in [0.4, 0.5) is 0 Å². The van der Waals surface area contributed by atoms with Gasteiger partial charge in [0.15, 0.2) is 17.3 Å². The van der Waals surface area contributed by atoms with Crippen LogP contribution in [-0.4, -0.2) is 91.3 Å². The van der Waals surface area contributed by atoms with Crippen LogP contribution >= 0.6 is 0 Å². The van der Waals surface area contributed by atoms with Crippen LogP contribution in [0.25, 0.3) is 0 Å². The third kappa shape index (κ3) is 5.55. The van der Waals surface area contributed by atoms with Crippen LogP contribution in [0.3, 0.4) is 0 Å². The Labute approximate surface area is 183 Å². The minimum Gasteiger partial charge on any atom is -0.490 e. The molecule has 3 heterocycles. The van der Waals surface area contributed by atoms with Crippen molar-refractivity contribution in [3.05, 3.63) is 23.8 Å². The van der Waals surface area contributed by atoms with Crippen LogP contribution < -0.4 is 9.47 Å². The molecule has 0 spiro atoms. The van der Waals surface area contributed by atoms with E-state index in [4.69, 9.17) is 9.47 Å². The summed E-state index contributed by atoms with van der Waals surface area (Å²) < 4.78 is 11.2. The van der Waals surface area contributed by atoms with Gasteiger partial charge in [-0.15, -0.1) is 0 Å². The standard InChI is InChI=1S/C23H31N3O5/c27-19(18-4-6-20-21(16-18)31-15-3-14-30-20)5-7-22(28)26-12-10-24(11-13-26)17-23(29)25-8-1-2-9-25/h4,6,16H,1-3,5,7-15,17H2. The highest BCUT2D eigenvalue weighted by Gasteiger charge is 2.25. The fourth-order valence-electron chi connectivity index (χ4n) is 4.27. The molecular weight excluding hydrogens is 398 g/mol. The molecule has 0 atom stereocenters. The quantitative estimate of drug-likeness (QED) is 0.639. The lowest BCUT2D eigenvalue weighted by atomic mass is 10.1. The highest BCUT2D eigenvalue weighted by Crippen LogP contribution is 2.30. The van der Waals surface area contributed by atoms with Gasteiger partial charge < -0.3 is 19.3 Å². The number of carbonyl (C=O) groups is 3. The predicted octanol–water partition coefficient (Wildman–Crippen LogP) is 1.58. The zero-order chi connectivity index (χ0) is 21.6. The SMILES string of the molecule is O=C(CCC(=O)N1CCN(CC(=O)N2CCCC2)CC1)c1ccc2c(c1)OCCCO2. The first-order valence-electron chi connectivity index (χ1n) is 11.3. The minimum atomic E-state index is -0.0705. The molecule has 1 aromatic rings. The molecule has 168 valence electrons. The summed E-state index contributed by atoms with van der Waals surface area (Å²) >= 11 is 0. The molecule has 0 aliphatic carbocycles. The van der Waals surface area contributed by atoms with Gasteiger partial charge in [0.05, 0.1) is 19.8 Å². The summed E-state index contributed by atoms with van der Waals surface area (Å²) in [6, 6.07) is 5.21. The van der Waals surface area contributed by atoms with Crippen molar-refractivity contribution in [3.63, 3.8) is 0 Å². The first-order valence-corrected chi connectivity index (χ1v) is 11.3. The monoisotopic (exact) mass is 429 g/mol. The van der Waals surface area contributed by atoms with Crippen molar-refractivity contribution >= 4 is 17.6 Å². The van der Waals surface area contributed by atoms with E-state index < -0.39 is 0 Å². The average molecular weight is 430 g/mol. The smallest absolute Gasteiger partial charge is 0.236 e.